The number of hydrogen-bond donors (Lipinski definition) is 1. The molecule has 3 aromatic rings. The first-order valence-electron chi connectivity index (χ1n) is 10.6. The van der Waals surface area contributed by atoms with Crippen molar-refractivity contribution in [3.63, 3.8) is 0 Å². The number of carbonyl (C=O) groups excluding carboxylic acids is 1. The van der Waals surface area contributed by atoms with Crippen LogP contribution in [-0.2, 0) is 24.4 Å². The Morgan fingerprint density at radius 1 is 1.00 bits per heavy atom. The van der Waals surface area contributed by atoms with Crippen LogP contribution in [0.15, 0.2) is 66.9 Å². The lowest BCUT2D eigenvalue weighted by molar-refractivity contribution is -0.930. The topological polar surface area (TPSA) is 35.7 Å². The highest BCUT2D eigenvalue weighted by atomic mass is 16.5. The molecule has 4 heteroatoms. The van der Waals surface area contributed by atoms with Gasteiger partial charge in [-0.15, -0.1) is 0 Å². The maximum atomic E-state index is 11.9. The number of rotatable bonds is 9. The molecule has 0 saturated heterocycles. The van der Waals surface area contributed by atoms with E-state index < -0.39 is 0 Å². The molecule has 1 heterocycles. The number of benzene rings is 2. The second-order valence-corrected chi connectivity index (χ2v) is 8.51. The fraction of sp³-hybridized carbons (Fsp3) is 0.346. The van der Waals surface area contributed by atoms with Gasteiger partial charge in [0, 0.05) is 24.2 Å². The van der Waals surface area contributed by atoms with Crippen LogP contribution in [-0.4, -0.2) is 24.2 Å². The molecule has 0 saturated carbocycles. The Morgan fingerprint density at radius 2 is 1.77 bits per heavy atom. The molecule has 0 fully saturated rings. The molecule has 0 radical (unpaired) electrons. The number of aromatic nitrogens is 1. The monoisotopic (exact) mass is 405 g/mol. The number of aryl methyl sites for hydroxylation is 1. The van der Waals surface area contributed by atoms with Crippen molar-refractivity contribution >= 4 is 5.97 Å². The van der Waals surface area contributed by atoms with Crippen LogP contribution in [0.2, 0.25) is 0 Å². The summed E-state index contributed by atoms with van der Waals surface area (Å²) in [5, 5.41) is 0. The Kier molecular flexibility index (Phi) is 7.47. The van der Waals surface area contributed by atoms with E-state index in [9.17, 15) is 4.79 Å². The number of methoxy groups -OCH3 is 1. The van der Waals surface area contributed by atoms with Crippen molar-refractivity contribution in [2.75, 3.05) is 13.7 Å². The van der Waals surface area contributed by atoms with E-state index >= 15 is 0 Å². The molecule has 0 spiro atoms. The number of carbonyl (C=O) groups is 1. The van der Waals surface area contributed by atoms with Gasteiger partial charge in [0.2, 0.25) is 0 Å². The summed E-state index contributed by atoms with van der Waals surface area (Å²) < 4.78 is 7.22. The van der Waals surface area contributed by atoms with Crippen LogP contribution >= 0.6 is 0 Å². The van der Waals surface area contributed by atoms with E-state index in [0.717, 1.165) is 31.7 Å². The molecule has 158 valence electrons. The summed E-state index contributed by atoms with van der Waals surface area (Å²) in [7, 11) is 1.42. The molecule has 0 aliphatic heterocycles. The minimum absolute atomic E-state index is 0.283. The zero-order valence-corrected chi connectivity index (χ0v) is 18.5. The molecule has 0 bridgehead atoms. The van der Waals surface area contributed by atoms with Crippen molar-refractivity contribution in [2.45, 2.75) is 40.4 Å². The van der Waals surface area contributed by atoms with E-state index in [4.69, 9.17) is 4.74 Å². The number of esters is 1. The lowest BCUT2D eigenvalue weighted by Crippen LogP contribution is -3.10. The average molecular weight is 406 g/mol. The summed E-state index contributed by atoms with van der Waals surface area (Å²) in [4.78, 5) is 13.4. The predicted octanol–water partition coefficient (Wildman–Crippen LogP) is 3.87. The van der Waals surface area contributed by atoms with Crippen LogP contribution < -0.4 is 4.90 Å². The SMILES string of the molecule is COC(=O)c1cccc(C[NH+](Cc2cccn2Cc2cccc(C)c2)CC(C)C)c1. The van der Waals surface area contributed by atoms with Gasteiger partial charge in [0.25, 0.3) is 0 Å². The first-order chi connectivity index (χ1) is 14.4. The van der Waals surface area contributed by atoms with Crippen molar-refractivity contribution in [1.82, 2.24) is 4.57 Å². The summed E-state index contributed by atoms with van der Waals surface area (Å²) in [5.41, 5.74) is 5.71. The maximum Gasteiger partial charge on any atom is 0.337 e. The van der Waals surface area contributed by atoms with Gasteiger partial charge in [-0.1, -0.05) is 55.8 Å². The van der Waals surface area contributed by atoms with Gasteiger partial charge >= 0.3 is 5.97 Å². The van der Waals surface area contributed by atoms with Crippen LogP contribution in [0.4, 0.5) is 0 Å². The van der Waals surface area contributed by atoms with Crippen molar-refractivity contribution in [1.29, 1.82) is 0 Å². The van der Waals surface area contributed by atoms with Crippen molar-refractivity contribution in [3.8, 4) is 0 Å². The average Bonchev–Trinajstić information content (AvgIpc) is 3.13. The van der Waals surface area contributed by atoms with Gasteiger partial charge in [-0.3, -0.25) is 0 Å². The fourth-order valence-corrected chi connectivity index (χ4v) is 4.03. The number of ether oxygens (including phenoxy) is 1. The lowest BCUT2D eigenvalue weighted by Gasteiger charge is -2.23. The van der Waals surface area contributed by atoms with Crippen LogP contribution in [0.3, 0.4) is 0 Å². The third kappa shape index (κ3) is 6.07. The molecular weight excluding hydrogens is 372 g/mol. The van der Waals surface area contributed by atoms with Crippen LogP contribution in [0.1, 0.15) is 46.6 Å². The predicted molar refractivity (Wildman–Crippen MR) is 121 cm³/mol. The van der Waals surface area contributed by atoms with E-state index in [-0.39, 0.29) is 5.97 Å². The minimum Gasteiger partial charge on any atom is -0.465 e. The highest BCUT2D eigenvalue weighted by Crippen LogP contribution is 2.10. The Bertz CT molecular complexity index is 974. The van der Waals surface area contributed by atoms with Gasteiger partial charge in [-0.2, -0.15) is 0 Å². The third-order valence-corrected chi connectivity index (χ3v) is 5.29. The molecule has 0 aliphatic rings. The first kappa shape index (κ1) is 21.8. The summed E-state index contributed by atoms with van der Waals surface area (Å²) in [6.07, 6.45) is 2.17. The maximum absolute atomic E-state index is 11.9. The van der Waals surface area contributed by atoms with Crippen molar-refractivity contribution < 1.29 is 14.4 Å². The summed E-state index contributed by atoms with van der Waals surface area (Å²) in [5.74, 6) is 0.304. The Hall–Kier alpha value is -2.85. The Morgan fingerprint density at radius 3 is 2.50 bits per heavy atom. The second kappa shape index (κ2) is 10.3. The smallest absolute Gasteiger partial charge is 0.337 e. The van der Waals surface area contributed by atoms with E-state index in [1.807, 2.05) is 18.2 Å². The molecule has 0 amide bonds. The third-order valence-electron chi connectivity index (χ3n) is 5.29. The van der Waals surface area contributed by atoms with Crippen LogP contribution in [0.25, 0.3) is 0 Å². The number of nitrogens with zero attached hydrogens (tertiary/aromatic N) is 1. The van der Waals surface area contributed by atoms with Gasteiger partial charge in [0.05, 0.1) is 24.9 Å². The molecule has 4 nitrogen and oxygen atoms in total. The largest absolute Gasteiger partial charge is 0.465 e. The molecular formula is C26H33N2O2+. The second-order valence-electron chi connectivity index (χ2n) is 8.51. The summed E-state index contributed by atoms with van der Waals surface area (Å²) in [6.45, 7) is 10.4. The minimum atomic E-state index is -0.283. The molecule has 1 unspecified atom stereocenters. The molecule has 1 N–H and O–H groups in total. The van der Waals surface area contributed by atoms with E-state index in [0.29, 0.717) is 11.5 Å². The number of hydrogen-bond acceptors (Lipinski definition) is 2. The van der Waals surface area contributed by atoms with Crippen LogP contribution in [0, 0.1) is 12.8 Å². The van der Waals surface area contributed by atoms with Gasteiger partial charge in [0.1, 0.15) is 13.1 Å². The zero-order chi connectivity index (χ0) is 21.5. The quantitative estimate of drug-likeness (QED) is 0.549. The van der Waals surface area contributed by atoms with Gasteiger partial charge in [0.15, 0.2) is 0 Å². The molecule has 1 aromatic heterocycles. The van der Waals surface area contributed by atoms with E-state index in [1.54, 1.807) is 0 Å². The fourth-order valence-electron chi connectivity index (χ4n) is 4.03. The van der Waals surface area contributed by atoms with E-state index in [1.165, 1.54) is 28.8 Å². The normalized spacial score (nSPS) is 12.2. The van der Waals surface area contributed by atoms with Crippen molar-refractivity contribution in [2.24, 2.45) is 5.92 Å². The number of nitrogens with one attached hydrogen (secondary N) is 1. The lowest BCUT2D eigenvalue weighted by atomic mass is 10.1. The van der Waals surface area contributed by atoms with E-state index in [2.05, 4.69) is 74.0 Å². The highest BCUT2D eigenvalue weighted by molar-refractivity contribution is 5.89. The molecule has 0 aliphatic carbocycles. The molecule has 3 rings (SSSR count). The standard InChI is InChI=1S/C26H32N2O2/c1-20(2)16-27(17-23-10-6-11-24(15-23)26(29)30-4)19-25-12-7-13-28(25)18-22-9-5-8-21(3)14-22/h5-15,20H,16-19H2,1-4H3/p+1. The molecule has 30 heavy (non-hydrogen) atoms. The zero-order valence-electron chi connectivity index (χ0n) is 18.5. The van der Waals surface area contributed by atoms with Gasteiger partial charge in [-0.25, -0.2) is 4.79 Å². The van der Waals surface area contributed by atoms with Gasteiger partial charge in [-0.05, 0) is 36.8 Å². The number of quaternary nitrogens is 1. The van der Waals surface area contributed by atoms with Crippen LogP contribution in [0.5, 0.6) is 0 Å². The summed E-state index contributed by atoms with van der Waals surface area (Å²) in [6, 6.07) is 20.9. The highest BCUT2D eigenvalue weighted by Gasteiger charge is 2.16. The Balaban J connectivity index is 1.76. The molecule has 1 atom stereocenters. The van der Waals surface area contributed by atoms with Gasteiger partial charge < -0.3 is 14.2 Å². The Labute approximate surface area is 180 Å². The first-order valence-corrected chi connectivity index (χ1v) is 10.6. The van der Waals surface area contributed by atoms with Crippen molar-refractivity contribution in [3.05, 3.63) is 94.8 Å². The molecule has 2 aromatic carbocycles. The summed E-state index contributed by atoms with van der Waals surface area (Å²) >= 11 is 0.